The van der Waals surface area contributed by atoms with Gasteiger partial charge in [-0.2, -0.15) is 12.6 Å². The van der Waals surface area contributed by atoms with E-state index in [-0.39, 0.29) is 11.9 Å². The van der Waals surface area contributed by atoms with Crippen molar-refractivity contribution in [2.45, 2.75) is 25.6 Å². The molecule has 1 heterocycles. The number of imidazole rings is 1. The van der Waals surface area contributed by atoms with Crippen LogP contribution in [0, 0.1) is 0 Å². The van der Waals surface area contributed by atoms with Crippen molar-refractivity contribution in [3.63, 3.8) is 0 Å². The molecule has 1 aromatic rings. The second-order valence-electron chi connectivity index (χ2n) is 3.00. The number of hydrogen-bond acceptors (Lipinski definition) is 3. The molecule has 0 fully saturated rings. The molecule has 0 radical (unpaired) electrons. The van der Waals surface area contributed by atoms with Crippen LogP contribution in [0.15, 0.2) is 6.20 Å². The minimum atomic E-state index is -0.998. The van der Waals surface area contributed by atoms with E-state index in [4.69, 9.17) is 5.11 Å². The first-order chi connectivity index (χ1) is 6.07. The Labute approximate surface area is 82.0 Å². The number of hydrogen-bond donors (Lipinski definition) is 2. The van der Waals surface area contributed by atoms with Crippen LogP contribution in [0.4, 0.5) is 0 Å². The van der Waals surface area contributed by atoms with Crippen LogP contribution in [0.1, 0.15) is 36.2 Å². The summed E-state index contributed by atoms with van der Waals surface area (Å²) in [5.41, 5.74) is 0.829. The normalized spacial score (nSPS) is 10.8. The number of aromatic carboxylic acids is 1. The van der Waals surface area contributed by atoms with Gasteiger partial charge in [0.2, 0.25) is 5.82 Å². The Morgan fingerprint density at radius 3 is 2.77 bits per heavy atom. The van der Waals surface area contributed by atoms with Crippen LogP contribution in [-0.4, -0.2) is 20.6 Å². The molecule has 0 aromatic carbocycles. The molecule has 0 aliphatic heterocycles. The van der Waals surface area contributed by atoms with E-state index in [1.165, 1.54) is 0 Å². The van der Waals surface area contributed by atoms with Crippen molar-refractivity contribution in [2.75, 3.05) is 0 Å². The summed E-state index contributed by atoms with van der Waals surface area (Å²) in [6, 6.07) is 0.0933. The standard InChI is InChI=1S/C8H12N2O2S/c1-5(2)10-6(4-13)3-9-7(10)8(11)12/h3,5,13H,4H2,1-2H3,(H,11,12). The van der Waals surface area contributed by atoms with Gasteiger partial charge in [-0.25, -0.2) is 9.78 Å². The third kappa shape index (κ3) is 1.85. The minimum Gasteiger partial charge on any atom is -0.475 e. The lowest BCUT2D eigenvalue weighted by molar-refractivity contribution is 0.0676. The first-order valence-electron chi connectivity index (χ1n) is 3.98. The van der Waals surface area contributed by atoms with E-state index in [9.17, 15) is 4.79 Å². The lowest BCUT2D eigenvalue weighted by Crippen LogP contribution is -2.13. The minimum absolute atomic E-state index is 0.0825. The van der Waals surface area contributed by atoms with Crippen molar-refractivity contribution >= 4 is 18.6 Å². The van der Waals surface area contributed by atoms with Crippen molar-refractivity contribution in [3.8, 4) is 0 Å². The third-order valence-corrected chi connectivity index (χ3v) is 2.07. The van der Waals surface area contributed by atoms with Crippen molar-refractivity contribution in [1.82, 2.24) is 9.55 Å². The second-order valence-corrected chi connectivity index (χ2v) is 3.32. The Morgan fingerprint density at radius 1 is 1.77 bits per heavy atom. The second kappa shape index (κ2) is 3.83. The molecule has 0 amide bonds. The van der Waals surface area contributed by atoms with E-state index in [0.29, 0.717) is 5.75 Å². The van der Waals surface area contributed by atoms with E-state index >= 15 is 0 Å². The van der Waals surface area contributed by atoms with Crippen molar-refractivity contribution < 1.29 is 9.90 Å². The molecule has 1 N–H and O–H groups in total. The van der Waals surface area contributed by atoms with Crippen molar-refractivity contribution in [3.05, 3.63) is 17.7 Å². The van der Waals surface area contributed by atoms with Crippen LogP contribution < -0.4 is 0 Å². The fraction of sp³-hybridized carbons (Fsp3) is 0.500. The monoisotopic (exact) mass is 200 g/mol. The van der Waals surface area contributed by atoms with Gasteiger partial charge in [0.25, 0.3) is 0 Å². The average Bonchev–Trinajstić information content (AvgIpc) is 2.46. The van der Waals surface area contributed by atoms with Crippen LogP contribution in [-0.2, 0) is 5.75 Å². The van der Waals surface area contributed by atoms with Gasteiger partial charge in [-0.15, -0.1) is 0 Å². The summed E-state index contributed by atoms with van der Waals surface area (Å²) in [6.07, 6.45) is 1.55. The molecule has 0 spiro atoms. The van der Waals surface area contributed by atoms with Crippen LogP contribution in [0.5, 0.6) is 0 Å². The molecule has 0 aliphatic carbocycles. The zero-order valence-electron chi connectivity index (χ0n) is 7.56. The highest BCUT2D eigenvalue weighted by Crippen LogP contribution is 2.15. The number of carboxylic acids is 1. The SMILES string of the molecule is CC(C)n1c(CS)cnc1C(=O)O. The molecule has 72 valence electrons. The van der Waals surface area contributed by atoms with Crippen LogP contribution in [0.3, 0.4) is 0 Å². The summed E-state index contributed by atoms with van der Waals surface area (Å²) >= 11 is 4.10. The van der Waals surface area contributed by atoms with E-state index in [1.54, 1.807) is 10.8 Å². The largest absolute Gasteiger partial charge is 0.475 e. The predicted octanol–water partition coefficient (Wildman–Crippen LogP) is 1.59. The first kappa shape index (κ1) is 10.1. The Morgan fingerprint density at radius 2 is 2.38 bits per heavy atom. The molecule has 1 rings (SSSR count). The van der Waals surface area contributed by atoms with Gasteiger partial charge in [-0.3, -0.25) is 0 Å². The Balaban J connectivity index is 3.22. The average molecular weight is 200 g/mol. The molecule has 1 aromatic heterocycles. The van der Waals surface area contributed by atoms with Gasteiger partial charge < -0.3 is 9.67 Å². The van der Waals surface area contributed by atoms with Crippen LogP contribution in [0.2, 0.25) is 0 Å². The summed E-state index contributed by atoms with van der Waals surface area (Å²) < 4.78 is 1.68. The smallest absolute Gasteiger partial charge is 0.372 e. The predicted molar refractivity (Wildman–Crippen MR) is 52.3 cm³/mol. The number of rotatable bonds is 3. The lowest BCUT2D eigenvalue weighted by atomic mass is 10.3. The number of thiol groups is 1. The fourth-order valence-corrected chi connectivity index (χ4v) is 1.48. The number of aromatic nitrogens is 2. The highest BCUT2D eigenvalue weighted by molar-refractivity contribution is 7.79. The summed E-state index contributed by atoms with van der Waals surface area (Å²) in [7, 11) is 0. The van der Waals surface area contributed by atoms with Gasteiger partial charge in [0.1, 0.15) is 0 Å². The Hall–Kier alpha value is -0.970. The Kier molecular flexibility index (Phi) is 2.98. The highest BCUT2D eigenvalue weighted by Gasteiger charge is 2.16. The molecule has 0 aliphatic rings. The third-order valence-electron chi connectivity index (χ3n) is 1.74. The van der Waals surface area contributed by atoms with E-state index < -0.39 is 5.97 Å². The summed E-state index contributed by atoms with van der Waals surface area (Å²) in [4.78, 5) is 14.6. The van der Waals surface area contributed by atoms with Gasteiger partial charge >= 0.3 is 5.97 Å². The van der Waals surface area contributed by atoms with Crippen LogP contribution >= 0.6 is 12.6 Å². The molecule has 0 atom stereocenters. The maximum atomic E-state index is 10.7. The maximum Gasteiger partial charge on any atom is 0.372 e. The topological polar surface area (TPSA) is 55.1 Å². The summed E-state index contributed by atoms with van der Waals surface area (Å²) in [6.45, 7) is 3.84. The zero-order chi connectivity index (χ0) is 10.0. The van der Waals surface area contributed by atoms with Gasteiger partial charge in [0, 0.05) is 23.7 Å². The lowest BCUT2D eigenvalue weighted by Gasteiger charge is -2.12. The van der Waals surface area contributed by atoms with Gasteiger partial charge in [-0.1, -0.05) is 0 Å². The van der Waals surface area contributed by atoms with Crippen LogP contribution in [0.25, 0.3) is 0 Å². The molecule has 0 unspecified atom stereocenters. The quantitative estimate of drug-likeness (QED) is 0.728. The molecular weight excluding hydrogens is 188 g/mol. The number of nitrogens with zero attached hydrogens (tertiary/aromatic N) is 2. The molecule has 13 heavy (non-hydrogen) atoms. The van der Waals surface area contributed by atoms with Gasteiger partial charge in [-0.05, 0) is 13.8 Å². The highest BCUT2D eigenvalue weighted by atomic mass is 32.1. The molecule has 5 heteroatoms. The number of carboxylic acid groups (broad SMARTS) is 1. The van der Waals surface area contributed by atoms with E-state index in [0.717, 1.165) is 5.69 Å². The molecule has 0 saturated carbocycles. The Bertz CT molecular complexity index is 320. The summed E-state index contributed by atoms with van der Waals surface area (Å²) in [5.74, 6) is -0.417. The first-order valence-corrected chi connectivity index (χ1v) is 4.61. The molecule has 4 nitrogen and oxygen atoms in total. The van der Waals surface area contributed by atoms with E-state index in [1.807, 2.05) is 13.8 Å². The zero-order valence-corrected chi connectivity index (χ0v) is 8.45. The molecule has 0 saturated heterocycles. The number of carbonyl (C=O) groups is 1. The molecule has 0 bridgehead atoms. The fourth-order valence-electron chi connectivity index (χ4n) is 1.25. The van der Waals surface area contributed by atoms with E-state index in [2.05, 4.69) is 17.6 Å². The van der Waals surface area contributed by atoms with Gasteiger partial charge in [0.05, 0.1) is 0 Å². The maximum absolute atomic E-state index is 10.7. The van der Waals surface area contributed by atoms with Gasteiger partial charge in [0.15, 0.2) is 0 Å². The van der Waals surface area contributed by atoms with Crippen molar-refractivity contribution in [2.24, 2.45) is 0 Å². The van der Waals surface area contributed by atoms with Crippen molar-refractivity contribution in [1.29, 1.82) is 0 Å². The summed E-state index contributed by atoms with van der Waals surface area (Å²) in [5, 5.41) is 8.82. The molecular formula is C8H12N2O2S.